The Kier molecular flexibility index (Phi) is 4.12. The maximum atomic E-state index is 7.02. The van der Waals surface area contributed by atoms with E-state index in [1.807, 2.05) is 0 Å². The number of anilines is 1. The van der Waals surface area contributed by atoms with Crippen LogP contribution >= 0.6 is 0 Å². The number of aryl methyl sites for hydroxylation is 1. The van der Waals surface area contributed by atoms with Gasteiger partial charge in [-0.1, -0.05) is 57.2 Å². The number of rotatable bonds is 1. The third-order valence-electron chi connectivity index (χ3n) is 7.06. The van der Waals surface area contributed by atoms with Gasteiger partial charge in [0.2, 0.25) is 5.72 Å². The number of aliphatic imine (C=N–C) groups is 1. The molecule has 0 fully saturated rings. The summed E-state index contributed by atoms with van der Waals surface area (Å²) in [5, 5.41) is 2.32. The maximum Gasteiger partial charge on any atom is 0.228 e. The zero-order chi connectivity index (χ0) is 22.2. The molecule has 2 aliphatic heterocycles. The monoisotopic (exact) mass is 412 g/mol. The summed E-state index contributed by atoms with van der Waals surface area (Å²) in [4.78, 5) is 7.53. The van der Waals surface area contributed by atoms with Crippen molar-refractivity contribution in [2.75, 3.05) is 11.4 Å². The van der Waals surface area contributed by atoms with Crippen molar-refractivity contribution in [3.63, 3.8) is 0 Å². The number of hydrogen-bond acceptors (Lipinski definition) is 3. The zero-order valence-corrected chi connectivity index (χ0v) is 19.7. The summed E-state index contributed by atoms with van der Waals surface area (Å²) >= 11 is 0. The van der Waals surface area contributed by atoms with Crippen LogP contribution in [-0.4, -0.2) is 18.5 Å². The van der Waals surface area contributed by atoms with Crippen LogP contribution in [0.15, 0.2) is 53.5 Å². The van der Waals surface area contributed by atoms with E-state index in [9.17, 15) is 0 Å². The molecule has 3 heteroatoms. The van der Waals surface area contributed by atoms with Gasteiger partial charge in [-0.2, -0.15) is 0 Å². The van der Waals surface area contributed by atoms with Gasteiger partial charge in [-0.05, 0) is 67.3 Å². The van der Waals surface area contributed by atoms with Crippen LogP contribution in [0.2, 0.25) is 0 Å². The van der Waals surface area contributed by atoms with Crippen LogP contribution in [0.4, 0.5) is 11.4 Å². The van der Waals surface area contributed by atoms with Crippen LogP contribution in [0, 0.1) is 19.3 Å². The van der Waals surface area contributed by atoms with Gasteiger partial charge in [-0.15, -0.1) is 0 Å². The fraction of sp³-hybridized carbons (Fsp3) is 0.393. The summed E-state index contributed by atoms with van der Waals surface area (Å²) in [7, 11) is 0. The lowest BCUT2D eigenvalue weighted by atomic mass is 9.75. The molecule has 1 atom stereocenters. The highest BCUT2D eigenvalue weighted by atomic mass is 16.5. The van der Waals surface area contributed by atoms with Crippen molar-refractivity contribution in [3.05, 3.63) is 65.2 Å². The Hall–Kier alpha value is -2.81. The lowest BCUT2D eigenvalue weighted by Crippen LogP contribution is -2.63. The van der Waals surface area contributed by atoms with Crippen molar-refractivity contribution in [1.29, 1.82) is 0 Å². The number of hydrogen-bond donors (Lipinski definition) is 0. The van der Waals surface area contributed by atoms with Crippen LogP contribution in [0.5, 0.6) is 5.75 Å². The molecule has 0 aromatic heterocycles. The van der Waals surface area contributed by atoms with Gasteiger partial charge in [0.05, 0.1) is 11.6 Å². The minimum Gasteiger partial charge on any atom is -0.459 e. The third-order valence-corrected chi connectivity index (χ3v) is 7.06. The summed E-state index contributed by atoms with van der Waals surface area (Å²) in [6.45, 7) is 16.8. The Balaban J connectivity index is 1.75. The summed E-state index contributed by atoms with van der Waals surface area (Å²) in [6.07, 6.45) is 2.07. The Morgan fingerprint density at radius 3 is 2.45 bits per heavy atom. The van der Waals surface area contributed by atoms with Crippen molar-refractivity contribution in [2.24, 2.45) is 10.4 Å². The molecule has 2 aliphatic rings. The first-order chi connectivity index (χ1) is 14.6. The van der Waals surface area contributed by atoms with Crippen LogP contribution in [-0.2, 0) is 5.41 Å². The lowest BCUT2D eigenvalue weighted by Gasteiger charge is -2.48. The van der Waals surface area contributed by atoms with E-state index < -0.39 is 5.72 Å². The van der Waals surface area contributed by atoms with Gasteiger partial charge in [-0.25, -0.2) is 0 Å². The average Bonchev–Trinajstić information content (AvgIpc) is 2.88. The van der Waals surface area contributed by atoms with E-state index in [0.29, 0.717) is 0 Å². The molecule has 0 bridgehead atoms. The molecule has 0 amide bonds. The predicted molar refractivity (Wildman–Crippen MR) is 131 cm³/mol. The second-order valence-electron chi connectivity index (χ2n) is 10.9. The second kappa shape index (κ2) is 6.35. The normalized spacial score (nSPS) is 21.3. The molecule has 5 rings (SSSR count). The SMILES string of the molecule is Cc1ccc2c(c1C)C(C)(C)C1(C=Nc3c(ccc4ccccc34)O1)N2CC(C)(C)C. The molecule has 1 spiro atoms. The maximum absolute atomic E-state index is 7.02. The Morgan fingerprint density at radius 2 is 1.71 bits per heavy atom. The molecule has 3 aromatic rings. The Morgan fingerprint density at radius 1 is 0.968 bits per heavy atom. The highest BCUT2D eigenvalue weighted by Crippen LogP contribution is 2.56. The predicted octanol–water partition coefficient (Wildman–Crippen LogP) is 7.09. The second-order valence-corrected chi connectivity index (χ2v) is 10.9. The van der Waals surface area contributed by atoms with E-state index >= 15 is 0 Å². The van der Waals surface area contributed by atoms with Gasteiger partial charge < -0.3 is 9.64 Å². The molecule has 0 radical (unpaired) electrons. The van der Waals surface area contributed by atoms with E-state index in [2.05, 4.69) is 108 Å². The standard InChI is InChI=1S/C28H32N2O/c1-18-12-14-22-24(19(18)2)27(6,7)28(30(22)17-26(3,4)5)16-29-25-21-11-9-8-10-20(21)13-15-23(25)31-28/h8-16H,17H2,1-7H3. The fourth-order valence-electron chi connectivity index (χ4n) is 5.40. The summed E-state index contributed by atoms with van der Waals surface area (Å²) in [5.74, 6) is 0.857. The van der Waals surface area contributed by atoms with Crippen LogP contribution in [0.25, 0.3) is 10.8 Å². The third kappa shape index (κ3) is 2.75. The Labute approximate surface area is 185 Å². The Bertz CT molecular complexity index is 1230. The minimum absolute atomic E-state index is 0.102. The highest BCUT2D eigenvalue weighted by Gasteiger charge is 2.60. The molecule has 0 saturated heterocycles. The number of nitrogens with zero attached hydrogens (tertiary/aromatic N) is 2. The fourth-order valence-corrected chi connectivity index (χ4v) is 5.40. The first-order valence-electron chi connectivity index (χ1n) is 11.2. The van der Waals surface area contributed by atoms with E-state index in [4.69, 9.17) is 9.73 Å². The van der Waals surface area contributed by atoms with Gasteiger partial charge in [0.1, 0.15) is 11.4 Å². The van der Waals surface area contributed by atoms with E-state index in [1.165, 1.54) is 27.8 Å². The number of benzene rings is 3. The quantitative estimate of drug-likeness (QED) is 0.426. The molecular formula is C28H32N2O. The van der Waals surface area contributed by atoms with Gasteiger partial charge >= 0.3 is 0 Å². The van der Waals surface area contributed by atoms with Crippen molar-refractivity contribution in [1.82, 2.24) is 0 Å². The van der Waals surface area contributed by atoms with Crippen molar-refractivity contribution in [2.45, 2.75) is 59.6 Å². The van der Waals surface area contributed by atoms with E-state index in [-0.39, 0.29) is 10.8 Å². The van der Waals surface area contributed by atoms with Gasteiger partial charge in [0.15, 0.2) is 0 Å². The molecule has 0 N–H and O–H groups in total. The molecule has 3 nitrogen and oxygen atoms in total. The largest absolute Gasteiger partial charge is 0.459 e. The molecule has 0 aliphatic carbocycles. The smallest absolute Gasteiger partial charge is 0.228 e. The van der Waals surface area contributed by atoms with Crippen molar-refractivity contribution in [3.8, 4) is 5.75 Å². The van der Waals surface area contributed by atoms with Crippen molar-refractivity contribution >= 4 is 28.4 Å². The highest BCUT2D eigenvalue weighted by molar-refractivity contribution is 6.00. The van der Waals surface area contributed by atoms with Crippen LogP contribution in [0.1, 0.15) is 51.3 Å². The molecule has 3 aromatic carbocycles. The summed E-state index contributed by atoms with van der Waals surface area (Å²) in [6, 6.07) is 17.1. The van der Waals surface area contributed by atoms with Crippen molar-refractivity contribution < 1.29 is 4.74 Å². The molecule has 0 saturated carbocycles. The molecule has 2 heterocycles. The zero-order valence-electron chi connectivity index (χ0n) is 19.7. The van der Waals surface area contributed by atoms with Crippen LogP contribution in [0.3, 0.4) is 0 Å². The first-order valence-corrected chi connectivity index (χ1v) is 11.2. The minimum atomic E-state index is -0.670. The molecule has 1 unspecified atom stereocenters. The first kappa shape index (κ1) is 20.1. The number of fused-ring (bicyclic) bond motifs is 4. The summed E-state index contributed by atoms with van der Waals surface area (Å²) < 4.78 is 7.02. The average molecular weight is 413 g/mol. The van der Waals surface area contributed by atoms with Crippen LogP contribution < -0.4 is 9.64 Å². The number of ether oxygens (including phenoxy) is 1. The van der Waals surface area contributed by atoms with Gasteiger partial charge in [-0.3, -0.25) is 4.99 Å². The summed E-state index contributed by atoms with van der Waals surface area (Å²) in [5.41, 5.74) is 5.39. The topological polar surface area (TPSA) is 24.8 Å². The van der Waals surface area contributed by atoms with Gasteiger partial charge in [0, 0.05) is 17.6 Å². The van der Waals surface area contributed by atoms with E-state index in [0.717, 1.165) is 23.4 Å². The molecular weight excluding hydrogens is 380 g/mol. The molecule has 160 valence electrons. The van der Waals surface area contributed by atoms with E-state index in [1.54, 1.807) is 0 Å². The lowest BCUT2D eigenvalue weighted by molar-refractivity contribution is 0.0714. The van der Waals surface area contributed by atoms with Gasteiger partial charge in [0.25, 0.3) is 0 Å². The molecule has 31 heavy (non-hydrogen) atoms.